The summed E-state index contributed by atoms with van der Waals surface area (Å²) >= 11 is 0. The van der Waals surface area contributed by atoms with Crippen LogP contribution in [-0.4, -0.2) is 80.7 Å². The van der Waals surface area contributed by atoms with E-state index >= 15 is 0 Å². The highest BCUT2D eigenvalue weighted by Crippen LogP contribution is 1.98. The van der Waals surface area contributed by atoms with E-state index in [0.717, 1.165) is 32.8 Å². The van der Waals surface area contributed by atoms with Gasteiger partial charge in [-0.05, 0) is 6.92 Å². The Bertz CT molecular complexity index is 307. The molecule has 0 radical (unpaired) electrons. The molecule has 1 heterocycles. The van der Waals surface area contributed by atoms with Gasteiger partial charge < -0.3 is 25.2 Å². The van der Waals surface area contributed by atoms with Gasteiger partial charge >= 0.3 is 12.0 Å². The molecule has 1 saturated heterocycles. The molecule has 0 bridgehead atoms. The van der Waals surface area contributed by atoms with Crippen molar-refractivity contribution in [2.75, 3.05) is 52.6 Å². The SMILES string of the molecule is CC(CN1CCOCC1)NC(=O)NCCOCC(=O)O. The highest BCUT2D eigenvalue weighted by molar-refractivity contribution is 5.74. The summed E-state index contributed by atoms with van der Waals surface area (Å²) in [4.78, 5) is 24.0. The summed E-state index contributed by atoms with van der Waals surface area (Å²) in [5.41, 5.74) is 0. The highest BCUT2D eigenvalue weighted by atomic mass is 16.5. The topological polar surface area (TPSA) is 100 Å². The number of nitrogens with zero attached hydrogens (tertiary/aromatic N) is 1. The molecule has 0 saturated carbocycles. The van der Waals surface area contributed by atoms with E-state index in [4.69, 9.17) is 14.6 Å². The Kier molecular flexibility index (Phi) is 7.93. The largest absolute Gasteiger partial charge is 0.480 e. The van der Waals surface area contributed by atoms with Crippen LogP contribution in [-0.2, 0) is 14.3 Å². The van der Waals surface area contributed by atoms with E-state index in [-0.39, 0.29) is 31.8 Å². The van der Waals surface area contributed by atoms with Gasteiger partial charge in [-0.15, -0.1) is 0 Å². The van der Waals surface area contributed by atoms with Crippen LogP contribution in [0.2, 0.25) is 0 Å². The zero-order chi connectivity index (χ0) is 14.8. The molecule has 8 nitrogen and oxygen atoms in total. The maximum absolute atomic E-state index is 11.6. The number of carboxylic acids is 1. The number of morpholine rings is 1. The Hall–Kier alpha value is -1.38. The number of carboxylic acid groups (broad SMARTS) is 1. The van der Waals surface area contributed by atoms with Crippen LogP contribution >= 0.6 is 0 Å². The molecule has 1 aliphatic heterocycles. The molecule has 116 valence electrons. The standard InChI is InChI=1S/C12H23N3O5/c1-10(8-15-3-6-19-7-4-15)14-12(18)13-2-5-20-9-11(16)17/h10H,2-9H2,1H3,(H,16,17)(H2,13,14,18). The van der Waals surface area contributed by atoms with E-state index < -0.39 is 5.97 Å². The fourth-order valence-corrected chi connectivity index (χ4v) is 1.89. The number of hydrogen-bond donors (Lipinski definition) is 3. The normalized spacial score (nSPS) is 17.4. The fourth-order valence-electron chi connectivity index (χ4n) is 1.89. The number of nitrogens with one attached hydrogen (secondary N) is 2. The number of amides is 2. The van der Waals surface area contributed by atoms with Crippen molar-refractivity contribution in [3.63, 3.8) is 0 Å². The lowest BCUT2D eigenvalue weighted by atomic mass is 10.3. The maximum atomic E-state index is 11.6. The van der Waals surface area contributed by atoms with E-state index in [1.165, 1.54) is 0 Å². The van der Waals surface area contributed by atoms with Gasteiger partial charge in [-0.3, -0.25) is 4.90 Å². The second kappa shape index (κ2) is 9.51. The number of carbonyl (C=O) groups is 2. The van der Waals surface area contributed by atoms with E-state index in [9.17, 15) is 9.59 Å². The summed E-state index contributed by atoms with van der Waals surface area (Å²) in [6.45, 7) is 6.08. The van der Waals surface area contributed by atoms with Gasteiger partial charge in [-0.2, -0.15) is 0 Å². The molecule has 1 aliphatic rings. The lowest BCUT2D eigenvalue weighted by Gasteiger charge is -2.29. The zero-order valence-corrected chi connectivity index (χ0v) is 11.8. The summed E-state index contributed by atoms with van der Waals surface area (Å²) < 4.78 is 10.1. The van der Waals surface area contributed by atoms with Crippen LogP contribution in [0.5, 0.6) is 0 Å². The van der Waals surface area contributed by atoms with E-state index in [1.807, 2.05) is 6.92 Å². The molecule has 1 unspecified atom stereocenters. The van der Waals surface area contributed by atoms with Gasteiger partial charge in [0.25, 0.3) is 0 Å². The van der Waals surface area contributed by atoms with Crippen LogP contribution in [0.25, 0.3) is 0 Å². The minimum atomic E-state index is -1.02. The summed E-state index contributed by atoms with van der Waals surface area (Å²) in [7, 11) is 0. The van der Waals surface area contributed by atoms with Gasteiger partial charge in [0.1, 0.15) is 6.61 Å². The van der Waals surface area contributed by atoms with Gasteiger partial charge in [-0.25, -0.2) is 9.59 Å². The average molecular weight is 289 g/mol. The molecular formula is C12H23N3O5. The van der Waals surface area contributed by atoms with Crippen LogP contribution in [0.4, 0.5) is 4.79 Å². The quantitative estimate of drug-likeness (QED) is 0.501. The Morgan fingerprint density at radius 1 is 1.40 bits per heavy atom. The second-order valence-electron chi connectivity index (χ2n) is 4.66. The fraction of sp³-hybridized carbons (Fsp3) is 0.833. The van der Waals surface area contributed by atoms with Crippen molar-refractivity contribution in [2.45, 2.75) is 13.0 Å². The molecule has 0 aromatic rings. The number of carbonyl (C=O) groups excluding carboxylic acids is 1. The highest BCUT2D eigenvalue weighted by Gasteiger charge is 2.14. The van der Waals surface area contributed by atoms with Gasteiger partial charge in [0.15, 0.2) is 0 Å². The molecule has 2 amide bonds. The first-order valence-corrected chi connectivity index (χ1v) is 6.72. The number of hydrogen-bond acceptors (Lipinski definition) is 5. The third-order valence-corrected chi connectivity index (χ3v) is 2.77. The molecule has 0 spiro atoms. The lowest BCUT2D eigenvalue weighted by molar-refractivity contribution is -0.142. The van der Waals surface area contributed by atoms with Crippen molar-refractivity contribution in [1.29, 1.82) is 0 Å². The van der Waals surface area contributed by atoms with Crippen molar-refractivity contribution < 1.29 is 24.2 Å². The molecule has 3 N–H and O–H groups in total. The lowest BCUT2D eigenvalue weighted by Crippen LogP contribution is -2.49. The Balaban J connectivity index is 2.03. The summed E-state index contributed by atoms with van der Waals surface area (Å²) in [6, 6.07) is -0.238. The number of rotatable bonds is 8. The Morgan fingerprint density at radius 3 is 2.75 bits per heavy atom. The van der Waals surface area contributed by atoms with Gasteiger partial charge in [0.2, 0.25) is 0 Å². The first-order valence-electron chi connectivity index (χ1n) is 6.72. The molecule has 1 atom stereocenters. The second-order valence-corrected chi connectivity index (χ2v) is 4.66. The number of aliphatic carboxylic acids is 1. The zero-order valence-electron chi connectivity index (χ0n) is 11.8. The van der Waals surface area contributed by atoms with Gasteiger partial charge in [0, 0.05) is 32.2 Å². The molecule has 1 fully saturated rings. The monoisotopic (exact) mass is 289 g/mol. The minimum Gasteiger partial charge on any atom is -0.480 e. The molecule has 0 aromatic carbocycles. The van der Waals surface area contributed by atoms with Crippen molar-refractivity contribution in [1.82, 2.24) is 15.5 Å². The van der Waals surface area contributed by atoms with Crippen LogP contribution in [0.15, 0.2) is 0 Å². The Labute approximate surface area is 118 Å². The molecular weight excluding hydrogens is 266 g/mol. The summed E-state index contributed by atoms with van der Waals surface area (Å²) in [5.74, 6) is -1.02. The Morgan fingerprint density at radius 2 is 2.10 bits per heavy atom. The molecule has 0 aromatic heterocycles. The molecule has 1 rings (SSSR count). The number of urea groups is 1. The first-order chi connectivity index (χ1) is 9.58. The van der Waals surface area contributed by atoms with Crippen molar-refractivity contribution in [2.24, 2.45) is 0 Å². The average Bonchev–Trinajstić information content (AvgIpc) is 2.38. The minimum absolute atomic E-state index is 0.0352. The smallest absolute Gasteiger partial charge is 0.329 e. The molecule has 8 heteroatoms. The summed E-state index contributed by atoms with van der Waals surface area (Å²) in [5, 5.41) is 13.8. The molecule has 20 heavy (non-hydrogen) atoms. The van der Waals surface area contributed by atoms with Crippen LogP contribution in [0.1, 0.15) is 6.92 Å². The van der Waals surface area contributed by atoms with Crippen LogP contribution in [0, 0.1) is 0 Å². The van der Waals surface area contributed by atoms with E-state index in [2.05, 4.69) is 15.5 Å². The van der Waals surface area contributed by atoms with E-state index in [1.54, 1.807) is 0 Å². The third-order valence-electron chi connectivity index (χ3n) is 2.77. The summed E-state index contributed by atoms with van der Waals surface area (Å²) in [6.07, 6.45) is 0. The van der Waals surface area contributed by atoms with Crippen molar-refractivity contribution >= 4 is 12.0 Å². The maximum Gasteiger partial charge on any atom is 0.329 e. The van der Waals surface area contributed by atoms with Crippen molar-refractivity contribution in [3.8, 4) is 0 Å². The third kappa shape index (κ3) is 7.93. The van der Waals surface area contributed by atoms with Gasteiger partial charge in [-0.1, -0.05) is 0 Å². The van der Waals surface area contributed by atoms with Crippen LogP contribution in [0.3, 0.4) is 0 Å². The predicted molar refractivity (Wildman–Crippen MR) is 71.7 cm³/mol. The van der Waals surface area contributed by atoms with Crippen LogP contribution < -0.4 is 10.6 Å². The number of ether oxygens (including phenoxy) is 2. The van der Waals surface area contributed by atoms with Gasteiger partial charge in [0.05, 0.1) is 19.8 Å². The van der Waals surface area contributed by atoms with Crippen molar-refractivity contribution in [3.05, 3.63) is 0 Å². The predicted octanol–water partition coefficient (Wildman–Crippen LogP) is -0.892. The van der Waals surface area contributed by atoms with E-state index in [0.29, 0.717) is 0 Å². The first kappa shape index (κ1) is 16.7. The molecule has 0 aliphatic carbocycles.